The number of fused-ring (bicyclic) bond motifs is 1. The van der Waals surface area contributed by atoms with E-state index >= 15 is 0 Å². The Morgan fingerprint density at radius 3 is 2.28 bits per heavy atom. The van der Waals surface area contributed by atoms with E-state index in [0.29, 0.717) is 4.90 Å². The van der Waals surface area contributed by atoms with E-state index in [1.165, 1.54) is 12.1 Å². The first kappa shape index (κ1) is 20.6. The molecule has 3 aromatic rings. The molecule has 2 aromatic carbocycles. The van der Waals surface area contributed by atoms with Crippen LogP contribution in [0.4, 0.5) is 14.1 Å². The third-order valence-electron chi connectivity index (χ3n) is 3.14. The third kappa shape index (κ3) is 6.55. The second-order valence-electron chi connectivity index (χ2n) is 4.66. The van der Waals surface area contributed by atoms with E-state index in [1.807, 2.05) is 39.1 Å². The van der Waals surface area contributed by atoms with E-state index in [-0.39, 0.29) is 18.0 Å². The molecule has 0 fully saturated rings. The smallest absolute Gasteiger partial charge is 0.126 e. The van der Waals surface area contributed by atoms with Gasteiger partial charge in [0.15, 0.2) is 0 Å². The van der Waals surface area contributed by atoms with Gasteiger partial charge in [0.2, 0.25) is 0 Å². The topological polar surface area (TPSA) is 24.9 Å². The number of nitrogens with one attached hydrogen (secondary N) is 1. The molecule has 0 aliphatic heterocycles. The lowest BCUT2D eigenvalue weighted by atomic mass is 10.2. The Labute approximate surface area is 152 Å². The van der Waals surface area contributed by atoms with E-state index in [0.717, 1.165) is 22.2 Å². The van der Waals surface area contributed by atoms with Crippen molar-refractivity contribution < 1.29 is 8.28 Å². The molecule has 1 heterocycles. The Morgan fingerprint density at radius 2 is 1.72 bits per heavy atom. The van der Waals surface area contributed by atoms with Gasteiger partial charge >= 0.3 is 0 Å². The van der Waals surface area contributed by atoms with Crippen LogP contribution >= 0.6 is 12.1 Å². The first-order chi connectivity index (χ1) is 12.2. The zero-order valence-corrected chi connectivity index (χ0v) is 15.4. The van der Waals surface area contributed by atoms with Gasteiger partial charge in [-0.05, 0) is 41.3 Å². The number of hydrogen-bond donors (Lipinski definition) is 1. The minimum Gasteiger partial charge on any atom is -0.373 e. The molecule has 0 aliphatic carbocycles. The molecule has 0 saturated carbocycles. The van der Waals surface area contributed by atoms with E-state index in [2.05, 4.69) is 16.9 Å². The van der Waals surface area contributed by atoms with Crippen molar-refractivity contribution in [2.24, 2.45) is 0 Å². The van der Waals surface area contributed by atoms with Gasteiger partial charge in [-0.2, -0.15) is 3.89 Å². The van der Waals surface area contributed by atoms with E-state index in [9.17, 15) is 8.28 Å². The molecule has 0 saturated heterocycles. The highest BCUT2D eigenvalue weighted by Crippen LogP contribution is 2.24. The number of anilines is 1. The molecule has 0 aliphatic rings. The number of hydrogen-bond acceptors (Lipinski definition) is 3. The summed E-state index contributed by atoms with van der Waals surface area (Å²) in [6, 6.07) is 13.5. The van der Waals surface area contributed by atoms with E-state index < -0.39 is 0 Å². The first-order valence-electron chi connectivity index (χ1n) is 7.90. The second kappa shape index (κ2) is 11.2. The Morgan fingerprint density at radius 1 is 1.04 bits per heavy atom. The fraction of sp³-hybridized carbons (Fsp3) is 0.150. The van der Waals surface area contributed by atoms with Crippen LogP contribution in [-0.2, 0) is 0 Å². The van der Waals surface area contributed by atoms with Gasteiger partial charge in [0, 0.05) is 23.5 Å². The third-order valence-corrected chi connectivity index (χ3v) is 3.58. The standard InChI is InChI=1S/C10H9FN2S.C8H7F.C2H6/c1-12-10-5-8-4-9(14-11)3-2-7(8)6-13-10;1-2-7-3-5-8(9)6-4-7;1-2/h2-6H,1H3,(H,12,13);2-6H,1H2;1-2H3. The van der Waals surface area contributed by atoms with Crippen molar-refractivity contribution in [2.45, 2.75) is 18.7 Å². The summed E-state index contributed by atoms with van der Waals surface area (Å²) >= 11 is 0.256. The van der Waals surface area contributed by atoms with Gasteiger partial charge in [-0.3, -0.25) is 0 Å². The second-order valence-corrected chi connectivity index (χ2v) is 5.29. The summed E-state index contributed by atoms with van der Waals surface area (Å²) in [5.74, 6) is 0.583. The van der Waals surface area contributed by atoms with Crippen molar-refractivity contribution in [3.63, 3.8) is 0 Å². The minimum atomic E-state index is -0.208. The molecule has 0 spiro atoms. The maximum absolute atomic E-state index is 12.3. The molecule has 25 heavy (non-hydrogen) atoms. The van der Waals surface area contributed by atoms with Crippen LogP contribution in [0.1, 0.15) is 19.4 Å². The molecule has 0 atom stereocenters. The van der Waals surface area contributed by atoms with Gasteiger partial charge in [-0.25, -0.2) is 9.37 Å². The molecule has 1 aromatic heterocycles. The predicted octanol–water partition coefficient (Wildman–Crippen LogP) is 6.75. The fourth-order valence-corrected chi connectivity index (χ4v) is 2.19. The van der Waals surface area contributed by atoms with Crippen LogP contribution in [0.15, 0.2) is 66.2 Å². The van der Waals surface area contributed by atoms with Gasteiger partial charge in [0.1, 0.15) is 11.6 Å². The molecule has 0 radical (unpaired) electrons. The molecule has 0 bridgehead atoms. The van der Waals surface area contributed by atoms with Crippen LogP contribution in [-0.4, -0.2) is 12.0 Å². The Kier molecular flexibility index (Phi) is 9.25. The number of nitrogens with zero attached hydrogens (tertiary/aromatic N) is 1. The number of aromatic nitrogens is 1. The fourth-order valence-electron chi connectivity index (χ4n) is 1.90. The maximum Gasteiger partial charge on any atom is 0.126 e. The van der Waals surface area contributed by atoms with Crippen molar-refractivity contribution in [2.75, 3.05) is 12.4 Å². The SMILES string of the molecule is C=Cc1ccc(F)cc1.CC.CNc1cc2cc(SF)ccc2cn1. The van der Waals surface area contributed by atoms with Crippen molar-refractivity contribution in [3.05, 3.63) is 72.7 Å². The van der Waals surface area contributed by atoms with Crippen molar-refractivity contribution >= 4 is 34.8 Å². The Bertz CT molecular complexity index is 751. The summed E-state index contributed by atoms with van der Waals surface area (Å²) < 4.78 is 24.5. The predicted molar refractivity (Wildman–Crippen MR) is 106 cm³/mol. The van der Waals surface area contributed by atoms with Crippen LogP contribution in [0, 0.1) is 5.82 Å². The van der Waals surface area contributed by atoms with Gasteiger partial charge in [-0.15, -0.1) is 0 Å². The average Bonchev–Trinajstić information content (AvgIpc) is 2.69. The minimum absolute atomic E-state index is 0.208. The summed E-state index contributed by atoms with van der Waals surface area (Å²) in [4.78, 5) is 4.79. The van der Waals surface area contributed by atoms with Gasteiger partial charge in [-0.1, -0.05) is 44.7 Å². The van der Waals surface area contributed by atoms with Crippen LogP contribution in [0.25, 0.3) is 16.8 Å². The van der Waals surface area contributed by atoms with E-state index in [4.69, 9.17) is 0 Å². The zero-order valence-electron chi connectivity index (χ0n) is 14.6. The molecule has 132 valence electrons. The number of benzene rings is 2. The lowest BCUT2D eigenvalue weighted by Crippen LogP contribution is -1.90. The highest BCUT2D eigenvalue weighted by molar-refractivity contribution is 7.94. The Balaban J connectivity index is 0.000000246. The van der Waals surface area contributed by atoms with Crippen molar-refractivity contribution in [1.82, 2.24) is 4.98 Å². The quantitative estimate of drug-likeness (QED) is 0.559. The first-order valence-corrected chi connectivity index (χ1v) is 8.62. The average molecular weight is 360 g/mol. The Hall–Kier alpha value is -2.40. The van der Waals surface area contributed by atoms with Crippen molar-refractivity contribution in [3.8, 4) is 0 Å². The molecule has 0 amide bonds. The largest absolute Gasteiger partial charge is 0.373 e. The lowest BCUT2D eigenvalue weighted by Gasteiger charge is -2.02. The summed E-state index contributed by atoms with van der Waals surface area (Å²) in [5, 5.41) is 4.95. The van der Waals surface area contributed by atoms with Gasteiger partial charge in [0.05, 0.1) is 12.1 Å². The van der Waals surface area contributed by atoms with Crippen LogP contribution < -0.4 is 5.32 Å². The van der Waals surface area contributed by atoms with Crippen LogP contribution in [0.2, 0.25) is 0 Å². The lowest BCUT2D eigenvalue weighted by molar-refractivity contribution is 0.628. The number of halogens is 2. The highest BCUT2D eigenvalue weighted by atomic mass is 32.2. The highest BCUT2D eigenvalue weighted by Gasteiger charge is 1.99. The van der Waals surface area contributed by atoms with Gasteiger partial charge in [0.25, 0.3) is 0 Å². The zero-order chi connectivity index (χ0) is 18.7. The number of pyridine rings is 1. The monoisotopic (exact) mass is 360 g/mol. The summed E-state index contributed by atoms with van der Waals surface area (Å²) in [6.45, 7) is 7.54. The molecule has 1 N–H and O–H groups in total. The summed E-state index contributed by atoms with van der Waals surface area (Å²) in [5.41, 5.74) is 0.941. The summed E-state index contributed by atoms with van der Waals surface area (Å²) in [6.07, 6.45) is 3.45. The molecule has 0 unspecified atom stereocenters. The van der Waals surface area contributed by atoms with Crippen molar-refractivity contribution in [1.29, 1.82) is 0 Å². The maximum atomic E-state index is 12.3. The number of rotatable bonds is 3. The molecular weight excluding hydrogens is 338 g/mol. The van der Waals surface area contributed by atoms with Crippen LogP contribution in [0.5, 0.6) is 0 Å². The van der Waals surface area contributed by atoms with Gasteiger partial charge < -0.3 is 5.32 Å². The van der Waals surface area contributed by atoms with Crippen LogP contribution in [0.3, 0.4) is 0 Å². The molecule has 2 nitrogen and oxygen atoms in total. The molecule has 5 heteroatoms. The van der Waals surface area contributed by atoms with E-state index in [1.54, 1.807) is 30.5 Å². The normalized spacial score (nSPS) is 9.32. The molecular formula is C20H22F2N2S. The summed E-state index contributed by atoms with van der Waals surface area (Å²) in [7, 11) is 1.81. The molecule has 3 rings (SSSR count).